The van der Waals surface area contributed by atoms with Crippen molar-refractivity contribution in [2.45, 2.75) is 4.90 Å². The van der Waals surface area contributed by atoms with Crippen LogP contribution < -0.4 is 5.73 Å². The van der Waals surface area contributed by atoms with Crippen LogP contribution in [0, 0.1) is 5.82 Å². The van der Waals surface area contributed by atoms with Crippen LogP contribution in [0.3, 0.4) is 0 Å². The van der Waals surface area contributed by atoms with Crippen LogP contribution in [-0.4, -0.2) is 16.8 Å². The van der Waals surface area contributed by atoms with Crippen molar-refractivity contribution < 1.29 is 14.3 Å². The molecule has 0 saturated carbocycles. The van der Waals surface area contributed by atoms with E-state index in [0.29, 0.717) is 10.6 Å². The van der Waals surface area contributed by atoms with Crippen molar-refractivity contribution in [2.75, 3.05) is 11.5 Å². The lowest BCUT2D eigenvalue weighted by atomic mass is 10.3. The Morgan fingerprint density at radius 1 is 1.60 bits per heavy atom. The molecule has 0 atom stereocenters. The third-order valence-corrected chi connectivity index (χ3v) is 2.85. The van der Waals surface area contributed by atoms with Crippen molar-refractivity contribution in [1.29, 1.82) is 0 Å². The fraction of sp³-hybridized carbons (Fsp3) is 0.100. The number of carbonyl (C=O) groups is 1. The number of benzene rings is 1. The van der Waals surface area contributed by atoms with Crippen LogP contribution in [0.1, 0.15) is 0 Å². The molecule has 1 aromatic carbocycles. The summed E-state index contributed by atoms with van der Waals surface area (Å²) < 4.78 is 12.7. The highest BCUT2D eigenvalue weighted by atomic mass is 32.2. The largest absolute Gasteiger partial charge is 0.478 e. The fourth-order valence-electron chi connectivity index (χ4n) is 0.877. The molecular weight excluding hydrogens is 217 g/mol. The van der Waals surface area contributed by atoms with Crippen molar-refractivity contribution >= 4 is 23.4 Å². The minimum absolute atomic E-state index is 0.0868. The molecule has 0 bridgehead atoms. The molecule has 0 aliphatic rings. The van der Waals surface area contributed by atoms with Gasteiger partial charge >= 0.3 is 5.97 Å². The van der Waals surface area contributed by atoms with Crippen LogP contribution in [0.2, 0.25) is 0 Å². The third kappa shape index (κ3) is 3.28. The number of rotatable bonds is 4. The first kappa shape index (κ1) is 11.6. The van der Waals surface area contributed by atoms with E-state index < -0.39 is 11.8 Å². The van der Waals surface area contributed by atoms with Crippen molar-refractivity contribution in [3.05, 3.63) is 36.2 Å². The van der Waals surface area contributed by atoms with E-state index >= 15 is 0 Å². The summed E-state index contributed by atoms with van der Waals surface area (Å²) in [4.78, 5) is 11.1. The third-order valence-electron chi connectivity index (χ3n) is 1.68. The van der Waals surface area contributed by atoms with Gasteiger partial charge in [0.15, 0.2) is 0 Å². The van der Waals surface area contributed by atoms with Gasteiger partial charge in [0, 0.05) is 21.9 Å². The maximum atomic E-state index is 12.7. The molecule has 0 spiro atoms. The lowest BCUT2D eigenvalue weighted by Crippen LogP contribution is -2.01. The van der Waals surface area contributed by atoms with Crippen LogP contribution in [0.5, 0.6) is 0 Å². The predicted octanol–water partition coefficient (Wildman–Crippen LogP) is 2.14. The van der Waals surface area contributed by atoms with Gasteiger partial charge in [-0.1, -0.05) is 6.58 Å². The number of nitrogens with two attached hydrogens (primary N) is 1. The molecule has 0 fully saturated rings. The summed E-state index contributed by atoms with van der Waals surface area (Å²) in [5.74, 6) is -1.22. The summed E-state index contributed by atoms with van der Waals surface area (Å²) >= 11 is 1.22. The van der Waals surface area contributed by atoms with Gasteiger partial charge in [-0.2, -0.15) is 0 Å². The number of carboxylic acid groups (broad SMARTS) is 1. The van der Waals surface area contributed by atoms with Crippen LogP contribution >= 0.6 is 11.8 Å². The van der Waals surface area contributed by atoms with Crippen molar-refractivity contribution in [1.82, 2.24) is 0 Å². The van der Waals surface area contributed by atoms with E-state index in [9.17, 15) is 9.18 Å². The second-order valence-corrected chi connectivity index (χ2v) is 3.90. The first-order valence-electron chi connectivity index (χ1n) is 4.09. The average molecular weight is 227 g/mol. The standard InChI is InChI=1S/C10H10FNO2S/c1-6(10(13)14)5-15-9-3-2-7(11)4-8(9)12/h2-4H,1,5,12H2,(H,13,14). The summed E-state index contributed by atoms with van der Waals surface area (Å²) in [6.07, 6.45) is 0. The van der Waals surface area contributed by atoms with Crippen molar-refractivity contribution in [3.63, 3.8) is 0 Å². The highest BCUT2D eigenvalue weighted by Crippen LogP contribution is 2.26. The zero-order valence-electron chi connectivity index (χ0n) is 7.87. The normalized spacial score (nSPS) is 9.93. The summed E-state index contributed by atoms with van der Waals surface area (Å²) in [7, 11) is 0. The van der Waals surface area contributed by atoms with Crippen LogP contribution in [-0.2, 0) is 4.79 Å². The lowest BCUT2D eigenvalue weighted by molar-refractivity contribution is -0.132. The molecule has 0 heterocycles. The first-order valence-corrected chi connectivity index (χ1v) is 5.08. The van der Waals surface area contributed by atoms with E-state index in [-0.39, 0.29) is 11.3 Å². The smallest absolute Gasteiger partial charge is 0.331 e. The monoisotopic (exact) mass is 227 g/mol. The maximum absolute atomic E-state index is 12.7. The number of hydrogen-bond acceptors (Lipinski definition) is 3. The Morgan fingerprint density at radius 3 is 2.80 bits per heavy atom. The van der Waals surface area contributed by atoms with Gasteiger partial charge in [-0.15, -0.1) is 11.8 Å². The Morgan fingerprint density at radius 2 is 2.27 bits per heavy atom. The van der Waals surface area contributed by atoms with Gasteiger partial charge in [-0.05, 0) is 18.2 Å². The van der Waals surface area contributed by atoms with Crippen LogP contribution in [0.25, 0.3) is 0 Å². The van der Waals surface area contributed by atoms with Gasteiger partial charge in [0.2, 0.25) is 0 Å². The number of carboxylic acids is 1. The van der Waals surface area contributed by atoms with Crippen LogP contribution in [0.4, 0.5) is 10.1 Å². The number of nitrogen functional groups attached to an aromatic ring is 1. The van der Waals surface area contributed by atoms with E-state index in [1.165, 1.54) is 30.0 Å². The molecule has 3 N–H and O–H groups in total. The molecule has 0 aliphatic carbocycles. The SMILES string of the molecule is C=C(CSc1ccc(F)cc1N)C(=O)O. The molecule has 0 saturated heterocycles. The molecule has 1 aromatic rings. The molecular formula is C10H10FNO2S. The van der Waals surface area contributed by atoms with E-state index in [1.54, 1.807) is 0 Å². The Labute approximate surface area is 90.8 Å². The Kier molecular flexibility index (Phi) is 3.74. The van der Waals surface area contributed by atoms with Crippen LogP contribution in [0.15, 0.2) is 35.2 Å². The first-order chi connectivity index (χ1) is 7.00. The van der Waals surface area contributed by atoms with Gasteiger partial charge in [0.05, 0.1) is 0 Å². The highest BCUT2D eigenvalue weighted by Gasteiger charge is 2.06. The van der Waals surface area contributed by atoms with Gasteiger partial charge < -0.3 is 10.8 Å². The Hall–Kier alpha value is -1.49. The second kappa shape index (κ2) is 4.84. The minimum Gasteiger partial charge on any atom is -0.478 e. The molecule has 0 aliphatic heterocycles. The highest BCUT2D eigenvalue weighted by molar-refractivity contribution is 7.99. The van der Waals surface area contributed by atoms with E-state index in [2.05, 4.69) is 6.58 Å². The fourth-order valence-corrected chi connectivity index (χ4v) is 1.72. The van der Waals surface area contributed by atoms with Crippen molar-refractivity contribution in [2.24, 2.45) is 0 Å². The molecule has 0 aromatic heterocycles. The Balaban J connectivity index is 2.66. The summed E-state index contributed by atoms with van der Waals surface area (Å²) in [5.41, 5.74) is 5.94. The molecule has 5 heteroatoms. The molecule has 0 amide bonds. The quantitative estimate of drug-likeness (QED) is 0.470. The molecule has 80 valence electrons. The van der Waals surface area contributed by atoms with E-state index in [4.69, 9.17) is 10.8 Å². The summed E-state index contributed by atoms with van der Waals surface area (Å²) in [5, 5.41) is 8.57. The average Bonchev–Trinajstić information content (AvgIpc) is 2.15. The van der Waals surface area contributed by atoms with Crippen molar-refractivity contribution in [3.8, 4) is 0 Å². The number of hydrogen-bond donors (Lipinski definition) is 2. The number of thioether (sulfide) groups is 1. The number of aliphatic carboxylic acids is 1. The molecule has 0 radical (unpaired) electrons. The zero-order chi connectivity index (χ0) is 11.4. The van der Waals surface area contributed by atoms with Gasteiger partial charge in [0.25, 0.3) is 0 Å². The molecule has 0 unspecified atom stereocenters. The Bertz CT molecular complexity index is 406. The summed E-state index contributed by atoms with van der Waals surface area (Å²) in [6, 6.07) is 4.00. The number of anilines is 1. The van der Waals surface area contributed by atoms with E-state index in [0.717, 1.165) is 0 Å². The molecule has 1 rings (SSSR count). The van der Waals surface area contributed by atoms with E-state index in [1.807, 2.05) is 0 Å². The number of halogens is 1. The topological polar surface area (TPSA) is 63.3 Å². The minimum atomic E-state index is -1.04. The molecule has 15 heavy (non-hydrogen) atoms. The summed E-state index contributed by atoms with van der Waals surface area (Å²) in [6.45, 7) is 3.38. The molecule has 3 nitrogen and oxygen atoms in total. The predicted molar refractivity (Wildman–Crippen MR) is 58.3 cm³/mol. The zero-order valence-corrected chi connectivity index (χ0v) is 8.68. The second-order valence-electron chi connectivity index (χ2n) is 2.88. The van der Waals surface area contributed by atoms with Gasteiger partial charge in [-0.3, -0.25) is 0 Å². The van der Waals surface area contributed by atoms with Gasteiger partial charge in [0.1, 0.15) is 5.82 Å². The lowest BCUT2D eigenvalue weighted by Gasteiger charge is -2.04. The van der Waals surface area contributed by atoms with Gasteiger partial charge in [-0.25, -0.2) is 9.18 Å². The maximum Gasteiger partial charge on any atom is 0.331 e.